The van der Waals surface area contributed by atoms with E-state index in [0.717, 1.165) is 57.8 Å². The highest BCUT2D eigenvalue weighted by Crippen LogP contribution is 2.23. The molecule has 0 spiro atoms. The molecule has 0 bridgehead atoms. The van der Waals surface area contributed by atoms with E-state index in [-0.39, 0.29) is 0 Å². The third-order valence-corrected chi connectivity index (χ3v) is 5.35. The average Bonchev–Trinajstić information content (AvgIpc) is 2.81. The van der Waals surface area contributed by atoms with Gasteiger partial charge in [-0.3, -0.25) is 9.59 Å². The maximum absolute atomic E-state index is 13.1. The quantitative estimate of drug-likeness (QED) is 0.112. The van der Waals surface area contributed by atoms with Crippen LogP contribution < -0.4 is 0 Å². The van der Waals surface area contributed by atoms with Crippen LogP contribution in [0, 0.1) is 0 Å². The number of aliphatic hydroxyl groups excluding tert-OH is 2. The Morgan fingerprint density at radius 1 is 0.727 bits per heavy atom. The Balaban J connectivity index is 5.76. The molecule has 6 heteroatoms. The van der Waals surface area contributed by atoms with Gasteiger partial charge in [0, 0.05) is 6.08 Å². The smallest absolute Gasteiger partial charge is 0.331 e. The molecule has 0 saturated carbocycles. The molecule has 0 rings (SSSR count). The van der Waals surface area contributed by atoms with Crippen molar-refractivity contribution < 1.29 is 29.3 Å². The minimum atomic E-state index is -2.51. The molecule has 0 radical (unpaired) electrons. The summed E-state index contributed by atoms with van der Waals surface area (Å²) in [6, 6.07) is 0. The molecule has 0 fully saturated rings. The summed E-state index contributed by atoms with van der Waals surface area (Å²) < 4.78 is 5.34. The molecule has 0 saturated heterocycles. The molecule has 0 amide bonds. The van der Waals surface area contributed by atoms with E-state index in [2.05, 4.69) is 20.8 Å². The van der Waals surface area contributed by atoms with Crippen LogP contribution in [0.25, 0.3) is 0 Å². The normalized spacial score (nSPS) is 14.7. The third kappa shape index (κ3) is 12.1. The Morgan fingerprint density at radius 2 is 1.12 bits per heavy atom. The summed E-state index contributed by atoms with van der Waals surface area (Å²) in [5.74, 6) is -2.60. The fourth-order valence-electron chi connectivity index (χ4n) is 3.28. The molecular formula is C27H44O6. The van der Waals surface area contributed by atoms with Crippen LogP contribution >= 0.6 is 0 Å². The molecule has 33 heavy (non-hydrogen) atoms. The number of aliphatic hydroxyl groups is 2. The van der Waals surface area contributed by atoms with Crippen LogP contribution in [-0.4, -0.2) is 46.1 Å². The van der Waals surface area contributed by atoms with Crippen molar-refractivity contribution in [2.24, 2.45) is 0 Å². The lowest BCUT2D eigenvalue weighted by atomic mass is 9.85. The van der Waals surface area contributed by atoms with Crippen LogP contribution in [0.5, 0.6) is 0 Å². The van der Waals surface area contributed by atoms with Crippen molar-refractivity contribution in [3.63, 3.8) is 0 Å². The fourth-order valence-corrected chi connectivity index (χ4v) is 3.28. The first-order valence-electron chi connectivity index (χ1n) is 12.5. The first kappa shape index (κ1) is 30.9. The maximum Gasteiger partial charge on any atom is 0.331 e. The summed E-state index contributed by atoms with van der Waals surface area (Å²) in [5, 5.41) is 20.1. The Kier molecular flexibility index (Phi) is 18.2. The van der Waals surface area contributed by atoms with Crippen LogP contribution in [0.1, 0.15) is 97.8 Å². The third-order valence-electron chi connectivity index (χ3n) is 5.35. The van der Waals surface area contributed by atoms with E-state index < -0.39 is 35.8 Å². The number of hydrogen-bond donors (Lipinski definition) is 2. The average molecular weight is 465 g/mol. The molecule has 0 aromatic heterocycles. The molecule has 1 unspecified atom stereocenters. The monoisotopic (exact) mass is 464 g/mol. The Labute approximate surface area is 199 Å². The number of unbranched alkanes of at least 4 members (excludes halogenated alkanes) is 9. The second-order valence-corrected chi connectivity index (χ2v) is 8.28. The fraction of sp³-hybridized carbons (Fsp3) is 0.667. The number of ether oxygens (including phenoxy) is 1. The van der Waals surface area contributed by atoms with Gasteiger partial charge in [0.15, 0.2) is 0 Å². The number of carbonyl (C=O) groups excluding carboxylic acids is 3. The molecule has 0 aliphatic rings. The van der Waals surface area contributed by atoms with Gasteiger partial charge in [-0.15, -0.1) is 0 Å². The molecule has 188 valence electrons. The van der Waals surface area contributed by atoms with Gasteiger partial charge in [-0.05, 0) is 50.7 Å². The lowest BCUT2D eigenvalue weighted by Crippen LogP contribution is -2.59. The number of rotatable bonds is 20. The lowest BCUT2D eigenvalue weighted by Gasteiger charge is -2.31. The van der Waals surface area contributed by atoms with E-state index >= 15 is 0 Å². The number of esters is 1. The molecule has 0 aromatic rings. The van der Waals surface area contributed by atoms with Crippen LogP contribution in [0.4, 0.5) is 0 Å². The minimum Gasteiger partial charge on any atom is -0.436 e. The van der Waals surface area contributed by atoms with Crippen molar-refractivity contribution in [3.8, 4) is 0 Å². The van der Waals surface area contributed by atoms with Crippen molar-refractivity contribution >= 4 is 17.5 Å². The summed E-state index contributed by atoms with van der Waals surface area (Å²) >= 11 is 0. The summed E-state index contributed by atoms with van der Waals surface area (Å²) in [6.07, 6.45) is 17.2. The van der Waals surface area contributed by atoms with E-state index in [1.54, 1.807) is 18.2 Å². The van der Waals surface area contributed by atoms with E-state index in [0.29, 0.717) is 19.3 Å². The summed E-state index contributed by atoms with van der Waals surface area (Å²) in [7, 11) is 0. The van der Waals surface area contributed by atoms with Gasteiger partial charge < -0.3 is 14.9 Å². The van der Waals surface area contributed by atoms with Gasteiger partial charge >= 0.3 is 5.97 Å². The van der Waals surface area contributed by atoms with E-state index in [1.165, 1.54) is 18.2 Å². The number of hydrogen-bond acceptors (Lipinski definition) is 6. The molecule has 1 atom stereocenters. The van der Waals surface area contributed by atoms with Gasteiger partial charge in [-0.25, -0.2) is 4.79 Å². The van der Waals surface area contributed by atoms with Crippen LogP contribution in [0.15, 0.2) is 36.5 Å². The van der Waals surface area contributed by atoms with Gasteiger partial charge in [0.2, 0.25) is 11.6 Å². The lowest BCUT2D eigenvalue weighted by molar-refractivity contribution is -0.180. The van der Waals surface area contributed by atoms with Crippen molar-refractivity contribution in [1.82, 2.24) is 0 Å². The van der Waals surface area contributed by atoms with Gasteiger partial charge in [0.1, 0.15) is 6.10 Å². The highest BCUT2D eigenvalue weighted by molar-refractivity contribution is 6.20. The molecule has 0 aromatic carbocycles. The van der Waals surface area contributed by atoms with E-state index in [9.17, 15) is 24.6 Å². The number of allylic oxidation sites excluding steroid dienone is 3. The zero-order valence-corrected chi connectivity index (χ0v) is 20.8. The predicted octanol–water partition coefficient (Wildman–Crippen LogP) is 5.17. The predicted molar refractivity (Wildman–Crippen MR) is 132 cm³/mol. The van der Waals surface area contributed by atoms with Crippen LogP contribution in [0.3, 0.4) is 0 Å². The van der Waals surface area contributed by atoms with Crippen molar-refractivity contribution in [2.75, 3.05) is 6.61 Å². The SMILES string of the molecule is CCCCCC=CC(=O)OC(C(=O)C=CCCCCC)(C(=O)C=CCCCCC)C(O)CO. The Hall–Kier alpha value is -2.05. The summed E-state index contributed by atoms with van der Waals surface area (Å²) in [6.45, 7) is 5.31. The van der Waals surface area contributed by atoms with Gasteiger partial charge in [0.25, 0.3) is 5.60 Å². The highest BCUT2D eigenvalue weighted by Gasteiger charge is 2.52. The van der Waals surface area contributed by atoms with Gasteiger partial charge in [0.05, 0.1) is 6.61 Å². The topological polar surface area (TPSA) is 101 Å². The molecular weight excluding hydrogens is 420 g/mol. The van der Waals surface area contributed by atoms with Gasteiger partial charge in [-0.2, -0.15) is 0 Å². The van der Waals surface area contributed by atoms with Crippen molar-refractivity contribution in [3.05, 3.63) is 36.5 Å². The van der Waals surface area contributed by atoms with Crippen molar-refractivity contribution in [1.29, 1.82) is 0 Å². The Bertz CT molecular complexity index is 615. The molecule has 2 N–H and O–H groups in total. The van der Waals surface area contributed by atoms with Crippen LogP contribution in [-0.2, 0) is 19.1 Å². The highest BCUT2D eigenvalue weighted by atomic mass is 16.6. The second kappa shape index (κ2) is 19.4. The van der Waals surface area contributed by atoms with Crippen LogP contribution in [0.2, 0.25) is 0 Å². The second-order valence-electron chi connectivity index (χ2n) is 8.28. The molecule has 0 heterocycles. The first-order valence-corrected chi connectivity index (χ1v) is 12.5. The van der Waals surface area contributed by atoms with Crippen molar-refractivity contribution in [2.45, 2.75) is 110 Å². The molecule has 0 aliphatic carbocycles. The standard InChI is InChI=1S/C27H44O6/c1-4-7-10-13-16-19-23(29)27(25(31)22-28,24(30)20-17-14-11-8-5-2)33-26(32)21-18-15-12-9-6-3/h16-21,25,28,31H,4-15,22H2,1-3H3. The zero-order valence-electron chi connectivity index (χ0n) is 20.8. The Morgan fingerprint density at radius 3 is 1.48 bits per heavy atom. The largest absolute Gasteiger partial charge is 0.436 e. The summed E-state index contributed by atoms with van der Waals surface area (Å²) in [5.41, 5.74) is -2.51. The maximum atomic E-state index is 13.1. The van der Waals surface area contributed by atoms with Gasteiger partial charge in [-0.1, -0.05) is 77.5 Å². The minimum absolute atomic E-state index is 0.622. The number of ketones is 2. The molecule has 0 aliphatic heterocycles. The van der Waals surface area contributed by atoms with E-state index in [4.69, 9.17) is 4.74 Å². The number of carbonyl (C=O) groups is 3. The first-order chi connectivity index (χ1) is 15.9. The molecule has 6 nitrogen and oxygen atoms in total. The zero-order chi connectivity index (χ0) is 25.0. The summed E-state index contributed by atoms with van der Waals surface area (Å²) in [4.78, 5) is 38.7. The van der Waals surface area contributed by atoms with E-state index in [1.807, 2.05) is 0 Å².